The molecular formula is C11H23BrO. The molecule has 80 valence electrons. The molecule has 0 aliphatic heterocycles. The zero-order valence-electron chi connectivity index (χ0n) is 9.40. The summed E-state index contributed by atoms with van der Waals surface area (Å²) in [6, 6.07) is 0. The summed E-state index contributed by atoms with van der Waals surface area (Å²) in [5.74, 6) is 0. The van der Waals surface area contributed by atoms with E-state index in [2.05, 4.69) is 36.7 Å². The highest BCUT2D eigenvalue weighted by molar-refractivity contribution is 9.09. The smallest absolute Gasteiger partial charge is 0.0622 e. The molecular weight excluding hydrogens is 228 g/mol. The second-order valence-electron chi connectivity index (χ2n) is 4.24. The number of rotatable bonds is 7. The Morgan fingerprint density at radius 1 is 1.31 bits per heavy atom. The summed E-state index contributed by atoms with van der Waals surface area (Å²) in [6.45, 7) is 6.53. The van der Waals surface area contributed by atoms with Crippen LogP contribution in [-0.4, -0.2) is 17.5 Å². The van der Waals surface area contributed by atoms with Gasteiger partial charge in [0.1, 0.15) is 0 Å². The molecule has 0 bridgehead atoms. The first kappa shape index (κ1) is 13.4. The molecule has 0 amide bonds. The van der Waals surface area contributed by atoms with Crippen molar-refractivity contribution in [2.24, 2.45) is 0 Å². The van der Waals surface area contributed by atoms with Gasteiger partial charge in [0, 0.05) is 11.9 Å². The van der Waals surface area contributed by atoms with Crippen molar-refractivity contribution in [2.75, 3.05) is 7.11 Å². The highest BCUT2D eigenvalue weighted by Gasteiger charge is 2.16. The van der Waals surface area contributed by atoms with Crippen LogP contribution in [-0.2, 0) is 4.74 Å². The standard InChI is InChI=1S/C11H23BrO/c1-5-7-10(12)8-6-9-11(2,3)13-4/h10H,5-9H2,1-4H3. The first-order chi connectivity index (χ1) is 6.02. The number of hydrogen-bond donors (Lipinski definition) is 0. The van der Waals surface area contributed by atoms with E-state index in [-0.39, 0.29) is 5.60 Å². The second-order valence-corrected chi connectivity index (χ2v) is 5.54. The maximum absolute atomic E-state index is 5.36. The lowest BCUT2D eigenvalue weighted by molar-refractivity contribution is 0.0135. The van der Waals surface area contributed by atoms with E-state index in [1.54, 1.807) is 7.11 Å². The highest BCUT2D eigenvalue weighted by atomic mass is 79.9. The zero-order chi connectivity index (χ0) is 10.3. The Morgan fingerprint density at radius 3 is 2.38 bits per heavy atom. The summed E-state index contributed by atoms with van der Waals surface area (Å²) in [4.78, 5) is 0.699. The lowest BCUT2D eigenvalue weighted by Crippen LogP contribution is -2.22. The molecule has 1 atom stereocenters. The topological polar surface area (TPSA) is 9.23 Å². The molecule has 0 aromatic heterocycles. The Hall–Kier alpha value is 0.440. The minimum absolute atomic E-state index is 0.0545. The number of methoxy groups -OCH3 is 1. The van der Waals surface area contributed by atoms with Gasteiger partial charge in [0.05, 0.1) is 5.60 Å². The largest absolute Gasteiger partial charge is 0.379 e. The normalized spacial score (nSPS) is 14.5. The molecule has 0 aromatic rings. The molecule has 0 saturated heterocycles. The molecule has 0 heterocycles. The Morgan fingerprint density at radius 2 is 1.92 bits per heavy atom. The van der Waals surface area contributed by atoms with Gasteiger partial charge in [0.25, 0.3) is 0 Å². The van der Waals surface area contributed by atoms with Crippen molar-refractivity contribution in [3.63, 3.8) is 0 Å². The van der Waals surface area contributed by atoms with Gasteiger partial charge in [-0.1, -0.05) is 29.3 Å². The minimum atomic E-state index is 0.0545. The fourth-order valence-electron chi connectivity index (χ4n) is 1.31. The van der Waals surface area contributed by atoms with Gasteiger partial charge in [-0.2, -0.15) is 0 Å². The number of ether oxygens (including phenoxy) is 1. The van der Waals surface area contributed by atoms with Crippen molar-refractivity contribution in [3.05, 3.63) is 0 Å². The van der Waals surface area contributed by atoms with Gasteiger partial charge in [-0.15, -0.1) is 0 Å². The van der Waals surface area contributed by atoms with Gasteiger partial charge >= 0.3 is 0 Å². The Kier molecular flexibility index (Phi) is 7.06. The van der Waals surface area contributed by atoms with Crippen LogP contribution in [0.25, 0.3) is 0 Å². The minimum Gasteiger partial charge on any atom is -0.379 e. The van der Waals surface area contributed by atoms with Crippen LogP contribution in [0.2, 0.25) is 0 Å². The van der Waals surface area contributed by atoms with Crippen molar-refractivity contribution < 1.29 is 4.74 Å². The van der Waals surface area contributed by atoms with E-state index >= 15 is 0 Å². The number of alkyl halides is 1. The molecule has 0 N–H and O–H groups in total. The summed E-state index contributed by atoms with van der Waals surface area (Å²) in [6.07, 6.45) is 6.21. The molecule has 0 aliphatic carbocycles. The van der Waals surface area contributed by atoms with Crippen LogP contribution in [0.15, 0.2) is 0 Å². The second kappa shape index (κ2) is 6.83. The van der Waals surface area contributed by atoms with E-state index in [1.165, 1.54) is 25.7 Å². The molecule has 13 heavy (non-hydrogen) atoms. The molecule has 0 radical (unpaired) electrons. The van der Waals surface area contributed by atoms with Gasteiger partial charge in [0.2, 0.25) is 0 Å². The van der Waals surface area contributed by atoms with Gasteiger partial charge < -0.3 is 4.74 Å². The van der Waals surface area contributed by atoms with E-state index < -0.39 is 0 Å². The summed E-state index contributed by atoms with van der Waals surface area (Å²) < 4.78 is 5.36. The van der Waals surface area contributed by atoms with E-state index in [0.29, 0.717) is 4.83 Å². The molecule has 0 aromatic carbocycles. The average molecular weight is 251 g/mol. The quantitative estimate of drug-likeness (QED) is 0.618. The molecule has 0 saturated carbocycles. The molecule has 2 heteroatoms. The highest BCUT2D eigenvalue weighted by Crippen LogP contribution is 2.21. The molecule has 0 aliphatic rings. The van der Waals surface area contributed by atoms with E-state index in [9.17, 15) is 0 Å². The lowest BCUT2D eigenvalue weighted by Gasteiger charge is -2.23. The summed E-state index contributed by atoms with van der Waals surface area (Å²) >= 11 is 3.69. The van der Waals surface area contributed by atoms with Crippen LogP contribution in [0.3, 0.4) is 0 Å². The van der Waals surface area contributed by atoms with Crippen LogP contribution in [0.5, 0.6) is 0 Å². The van der Waals surface area contributed by atoms with Crippen LogP contribution < -0.4 is 0 Å². The predicted octanol–water partition coefficient (Wildman–Crippen LogP) is 4.15. The average Bonchev–Trinajstić information content (AvgIpc) is 2.05. The van der Waals surface area contributed by atoms with Crippen molar-refractivity contribution >= 4 is 15.9 Å². The zero-order valence-corrected chi connectivity index (χ0v) is 11.0. The third-order valence-electron chi connectivity index (χ3n) is 2.45. The summed E-state index contributed by atoms with van der Waals surface area (Å²) in [5, 5.41) is 0. The Bertz CT molecular complexity index is 123. The van der Waals surface area contributed by atoms with Crippen LogP contribution in [0, 0.1) is 0 Å². The van der Waals surface area contributed by atoms with Crippen molar-refractivity contribution in [1.82, 2.24) is 0 Å². The van der Waals surface area contributed by atoms with Gasteiger partial charge in [-0.25, -0.2) is 0 Å². The number of halogens is 1. The first-order valence-corrected chi connectivity index (χ1v) is 6.12. The Labute approximate surface area is 91.4 Å². The third kappa shape index (κ3) is 7.51. The first-order valence-electron chi connectivity index (χ1n) is 5.21. The third-order valence-corrected chi connectivity index (χ3v) is 3.37. The van der Waals surface area contributed by atoms with Gasteiger partial charge in [-0.3, -0.25) is 0 Å². The van der Waals surface area contributed by atoms with Gasteiger partial charge in [-0.05, 0) is 39.5 Å². The monoisotopic (exact) mass is 250 g/mol. The van der Waals surface area contributed by atoms with E-state index in [1.807, 2.05) is 0 Å². The van der Waals surface area contributed by atoms with Crippen molar-refractivity contribution in [1.29, 1.82) is 0 Å². The van der Waals surface area contributed by atoms with Crippen LogP contribution in [0.1, 0.15) is 52.9 Å². The summed E-state index contributed by atoms with van der Waals surface area (Å²) in [5.41, 5.74) is 0.0545. The van der Waals surface area contributed by atoms with Crippen LogP contribution >= 0.6 is 15.9 Å². The van der Waals surface area contributed by atoms with E-state index in [4.69, 9.17) is 4.74 Å². The molecule has 1 nitrogen and oxygen atoms in total. The maximum atomic E-state index is 5.36. The molecule has 0 rings (SSSR count). The van der Waals surface area contributed by atoms with Crippen molar-refractivity contribution in [2.45, 2.75) is 63.3 Å². The van der Waals surface area contributed by atoms with E-state index in [0.717, 1.165) is 6.42 Å². The number of hydrogen-bond acceptors (Lipinski definition) is 1. The molecule has 1 unspecified atom stereocenters. The van der Waals surface area contributed by atoms with Crippen molar-refractivity contribution in [3.8, 4) is 0 Å². The Balaban J connectivity index is 3.44. The summed E-state index contributed by atoms with van der Waals surface area (Å²) in [7, 11) is 1.79. The molecule has 0 spiro atoms. The lowest BCUT2D eigenvalue weighted by atomic mass is 10.00. The fourth-order valence-corrected chi connectivity index (χ4v) is 2.09. The fraction of sp³-hybridized carbons (Fsp3) is 1.00. The van der Waals surface area contributed by atoms with Gasteiger partial charge in [0.15, 0.2) is 0 Å². The SMILES string of the molecule is CCCC(Br)CCCC(C)(C)OC. The predicted molar refractivity (Wildman–Crippen MR) is 62.6 cm³/mol. The van der Waals surface area contributed by atoms with Crippen LogP contribution in [0.4, 0.5) is 0 Å². The maximum Gasteiger partial charge on any atom is 0.0622 e. The molecule has 0 fully saturated rings.